The van der Waals surface area contributed by atoms with Crippen LogP contribution in [0.2, 0.25) is 0 Å². The van der Waals surface area contributed by atoms with Gasteiger partial charge in [-0.2, -0.15) is 0 Å². The van der Waals surface area contributed by atoms with Crippen molar-refractivity contribution in [3.63, 3.8) is 0 Å². The number of hydrogen-bond donors (Lipinski definition) is 0. The molecule has 3 aliphatic rings. The highest BCUT2D eigenvalue weighted by Crippen LogP contribution is 2.40. The van der Waals surface area contributed by atoms with Crippen molar-refractivity contribution in [1.82, 2.24) is 0 Å². The minimum atomic E-state index is 0.0777. The largest absolute Gasteiger partial charge is 0.462 e. The second-order valence-electron chi connectivity index (χ2n) is 9.35. The molecule has 138 valence electrons. The lowest BCUT2D eigenvalue weighted by atomic mass is 9.72. The van der Waals surface area contributed by atoms with E-state index in [9.17, 15) is 4.79 Å². The van der Waals surface area contributed by atoms with Crippen molar-refractivity contribution < 1.29 is 9.53 Å². The number of ether oxygens (including phenoxy) is 1. The third-order valence-electron chi connectivity index (χ3n) is 7.26. The molecule has 2 nitrogen and oxygen atoms in total. The zero-order valence-electron chi connectivity index (χ0n) is 16.0. The molecular weight excluding hydrogens is 296 g/mol. The van der Waals surface area contributed by atoms with Gasteiger partial charge in [0, 0.05) is 0 Å². The Kier molecular flexibility index (Phi) is 6.63. The van der Waals surface area contributed by atoms with Crippen LogP contribution < -0.4 is 0 Å². The molecule has 0 aromatic rings. The molecule has 2 heteroatoms. The highest BCUT2D eigenvalue weighted by Gasteiger charge is 2.30. The quantitative estimate of drug-likeness (QED) is 0.565. The maximum Gasteiger partial charge on any atom is 0.309 e. The molecule has 3 fully saturated rings. The lowest BCUT2D eigenvalue weighted by molar-refractivity contribution is -0.159. The van der Waals surface area contributed by atoms with Gasteiger partial charge in [0.05, 0.1) is 12.0 Å². The Morgan fingerprint density at radius 2 is 1.33 bits per heavy atom. The molecule has 2 saturated carbocycles. The summed E-state index contributed by atoms with van der Waals surface area (Å²) < 4.78 is 5.41. The fourth-order valence-corrected chi connectivity index (χ4v) is 5.40. The number of carbonyl (C=O) groups is 1. The van der Waals surface area contributed by atoms with E-state index in [4.69, 9.17) is 4.74 Å². The molecule has 2 atom stereocenters. The third kappa shape index (κ3) is 5.23. The summed E-state index contributed by atoms with van der Waals surface area (Å²) in [5.41, 5.74) is 0. The monoisotopic (exact) mass is 334 g/mol. The van der Waals surface area contributed by atoms with Crippen LogP contribution in [0.3, 0.4) is 0 Å². The summed E-state index contributed by atoms with van der Waals surface area (Å²) in [6.45, 7) is 4.44. The van der Waals surface area contributed by atoms with Crippen LogP contribution in [0.4, 0.5) is 0 Å². The predicted molar refractivity (Wildman–Crippen MR) is 98.7 cm³/mol. The van der Waals surface area contributed by atoms with Gasteiger partial charge in [0.25, 0.3) is 0 Å². The lowest BCUT2D eigenvalue weighted by Crippen LogP contribution is -2.29. The number of cyclic esters (lactones) is 1. The van der Waals surface area contributed by atoms with Gasteiger partial charge in [0.15, 0.2) is 0 Å². The van der Waals surface area contributed by atoms with Crippen molar-refractivity contribution in [2.24, 2.45) is 29.6 Å². The first-order valence-electron chi connectivity index (χ1n) is 10.8. The summed E-state index contributed by atoms with van der Waals surface area (Å²) >= 11 is 0. The molecule has 0 radical (unpaired) electrons. The fraction of sp³-hybridized carbons (Fsp3) is 0.955. The number of carbonyl (C=O) groups excluding carboxylic acids is 1. The van der Waals surface area contributed by atoms with Crippen LogP contribution in [-0.4, -0.2) is 12.1 Å². The Balaban J connectivity index is 1.31. The average molecular weight is 335 g/mol. The normalized spacial score (nSPS) is 41.0. The molecule has 2 aliphatic carbocycles. The molecular formula is C22H38O2. The van der Waals surface area contributed by atoms with E-state index in [0.29, 0.717) is 0 Å². The van der Waals surface area contributed by atoms with E-state index in [1.54, 1.807) is 0 Å². The van der Waals surface area contributed by atoms with Gasteiger partial charge in [-0.15, -0.1) is 0 Å². The minimum absolute atomic E-state index is 0.0777. The van der Waals surface area contributed by atoms with Crippen LogP contribution in [0.5, 0.6) is 0 Å². The Morgan fingerprint density at radius 1 is 0.750 bits per heavy atom. The molecule has 0 N–H and O–H groups in total. The zero-order chi connectivity index (χ0) is 16.9. The zero-order valence-corrected chi connectivity index (χ0v) is 16.0. The van der Waals surface area contributed by atoms with E-state index in [1.807, 2.05) is 6.92 Å². The smallest absolute Gasteiger partial charge is 0.309 e. The molecule has 1 aliphatic heterocycles. The summed E-state index contributed by atoms with van der Waals surface area (Å²) in [5, 5.41) is 0. The van der Waals surface area contributed by atoms with Gasteiger partial charge in [-0.25, -0.2) is 0 Å². The summed E-state index contributed by atoms with van der Waals surface area (Å²) in [4.78, 5) is 12.0. The first-order valence-corrected chi connectivity index (χ1v) is 10.8. The molecule has 1 heterocycles. The number of rotatable bonds is 5. The molecule has 3 rings (SSSR count). The van der Waals surface area contributed by atoms with E-state index in [0.717, 1.165) is 42.9 Å². The van der Waals surface area contributed by atoms with Gasteiger partial charge in [0.2, 0.25) is 0 Å². The van der Waals surface area contributed by atoms with Crippen molar-refractivity contribution >= 4 is 5.97 Å². The number of esters is 1. The van der Waals surface area contributed by atoms with Gasteiger partial charge < -0.3 is 4.74 Å². The molecule has 1 saturated heterocycles. The molecule has 2 unspecified atom stereocenters. The highest BCUT2D eigenvalue weighted by molar-refractivity contribution is 5.73. The van der Waals surface area contributed by atoms with Gasteiger partial charge in [0.1, 0.15) is 0 Å². The van der Waals surface area contributed by atoms with Crippen LogP contribution in [0, 0.1) is 29.6 Å². The third-order valence-corrected chi connectivity index (χ3v) is 7.26. The van der Waals surface area contributed by atoms with Gasteiger partial charge in [-0.05, 0) is 62.7 Å². The summed E-state index contributed by atoms with van der Waals surface area (Å²) in [5.74, 6) is 4.16. The first kappa shape index (κ1) is 18.3. The average Bonchev–Trinajstić information content (AvgIpc) is 2.57. The Labute approximate surface area is 149 Å². The summed E-state index contributed by atoms with van der Waals surface area (Å²) in [6.07, 6.45) is 17.7. The molecule has 0 aromatic carbocycles. The van der Waals surface area contributed by atoms with Crippen molar-refractivity contribution in [2.75, 3.05) is 0 Å². The van der Waals surface area contributed by atoms with Gasteiger partial charge in [-0.1, -0.05) is 58.3 Å². The van der Waals surface area contributed by atoms with Crippen LogP contribution in [0.1, 0.15) is 97.3 Å². The maximum atomic E-state index is 12.0. The topological polar surface area (TPSA) is 26.3 Å². The van der Waals surface area contributed by atoms with E-state index >= 15 is 0 Å². The van der Waals surface area contributed by atoms with E-state index in [1.165, 1.54) is 64.2 Å². The van der Waals surface area contributed by atoms with Crippen molar-refractivity contribution in [1.29, 1.82) is 0 Å². The van der Waals surface area contributed by atoms with Gasteiger partial charge >= 0.3 is 5.97 Å². The molecule has 0 bridgehead atoms. The van der Waals surface area contributed by atoms with Crippen molar-refractivity contribution in [3.8, 4) is 0 Å². The van der Waals surface area contributed by atoms with E-state index < -0.39 is 0 Å². The molecule has 0 aromatic heterocycles. The summed E-state index contributed by atoms with van der Waals surface area (Å²) in [6, 6.07) is 0. The van der Waals surface area contributed by atoms with E-state index in [2.05, 4.69) is 6.92 Å². The van der Waals surface area contributed by atoms with Gasteiger partial charge in [-0.3, -0.25) is 4.79 Å². The SMILES string of the molecule is CC1CCC(CC2CCC(CCC3CCC(C)OC3=O)CC2)CC1. The Bertz CT molecular complexity index is 389. The van der Waals surface area contributed by atoms with Crippen molar-refractivity contribution in [3.05, 3.63) is 0 Å². The van der Waals surface area contributed by atoms with Crippen LogP contribution >= 0.6 is 0 Å². The second-order valence-corrected chi connectivity index (χ2v) is 9.35. The molecule has 0 amide bonds. The first-order chi connectivity index (χ1) is 11.6. The number of hydrogen-bond acceptors (Lipinski definition) is 2. The van der Waals surface area contributed by atoms with Crippen molar-refractivity contribution in [2.45, 2.75) is 103 Å². The van der Waals surface area contributed by atoms with E-state index in [-0.39, 0.29) is 18.0 Å². The second kappa shape index (κ2) is 8.72. The summed E-state index contributed by atoms with van der Waals surface area (Å²) in [7, 11) is 0. The highest BCUT2D eigenvalue weighted by atomic mass is 16.5. The maximum absolute atomic E-state index is 12.0. The molecule has 24 heavy (non-hydrogen) atoms. The Hall–Kier alpha value is -0.530. The predicted octanol–water partition coefficient (Wildman–Crippen LogP) is 6.13. The standard InChI is InChI=1S/C22H38O2/c1-16-3-6-19(7-4-16)15-20-10-8-18(9-11-20)12-14-21-13-5-17(2)24-22(21)23/h16-21H,3-15H2,1-2H3. The van der Waals surface area contributed by atoms with Crippen LogP contribution in [0.15, 0.2) is 0 Å². The van der Waals surface area contributed by atoms with Crippen LogP contribution in [-0.2, 0) is 9.53 Å². The minimum Gasteiger partial charge on any atom is -0.462 e. The lowest BCUT2D eigenvalue weighted by Gasteiger charge is -2.34. The van der Waals surface area contributed by atoms with Crippen LogP contribution in [0.25, 0.3) is 0 Å². The Morgan fingerprint density at radius 3 is 1.96 bits per heavy atom. The molecule has 0 spiro atoms. The fourth-order valence-electron chi connectivity index (χ4n) is 5.40.